The Kier molecular flexibility index (Phi) is 5.43. The first-order valence-electron chi connectivity index (χ1n) is 9.48. The Labute approximate surface area is 171 Å². The zero-order chi connectivity index (χ0) is 21.3. The van der Waals surface area contributed by atoms with Crippen molar-refractivity contribution >= 4 is 16.9 Å². The van der Waals surface area contributed by atoms with Gasteiger partial charge in [0.25, 0.3) is 0 Å². The lowest BCUT2D eigenvalue weighted by Crippen LogP contribution is -2.25. The summed E-state index contributed by atoms with van der Waals surface area (Å²) in [5.41, 5.74) is 2.96. The summed E-state index contributed by atoms with van der Waals surface area (Å²) in [5, 5.41) is 2.82. The van der Waals surface area contributed by atoms with Gasteiger partial charge in [-0.05, 0) is 42.3 Å². The van der Waals surface area contributed by atoms with Crippen molar-refractivity contribution in [1.29, 1.82) is 0 Å². The molecule has 158 valence electrons. The maximum atomic E-state index is 12.6. The smallest absolute Gasteiger partial charge is 0.387 e. The zero-order valence-corrected chi connectivity index (χ0v) is 16.4. The number of carbonyl (C=O) groups is 1. The number of imidazole rings is 1. The Balaban J connectivity index is 1.68. The molecule has 0 aliphatic carbocycles. The van der Waals surface area contributed by atoms with Gasteiger partial charge in [-0.3, -0.25) is 4.79 Å². The van der Waals surface area contributed by atoms with Crippen LogP contribution >= 0.6 is 0 Å². The second-order valence-electron chi connectivity index (χ2n) is 7.11. The maximum absolute atomic E-state index is 12.6. The van der Waals surface area contributed by atoms with Gasteiger partial charge in [-0.1, -0.05) is 6.07 Å². The van der Waals surface area contributed by atoms with Gasteiger partial charge < -0.3 is 24.5 Å². The molecular weight excluding hydrogens is 396 g/mol. The molecule has 2 heterocycles. The Morgan fingerprint density at radius 1 is 1.10 bits per heavy atom. The number of aromatic nitrogens is 2. The first-order chi connectivity index (χ1) is 14.4. The summed E-state index contributed by atoms with van der Waals surface area (Å²) < 4.78 is 41.1. The summed E-state index contributed by atoms with van der Waals surface area (Å²) in [6, 6.07) is 8.47. The van der Waals surface area contributed by atoms with Gasteiger partial charge in [0, 0.05) is 18.9 Å². The Morgan fingerprint density at radius 3 is 2.60 bits per heavy atom. The van der Waals surface area contributed by atoms with Crippen molar-refractivity contribution in [1.82, 2.24) is 15.3 Å². The number of amides is 1. The highest BCUT2D eigenvalue weighted by atomic mass is 19.3. The van der Waals surface area contributed by atoms with E-state index in [0.717, 1.165) is 16.6 Å². The van der Waals surface area contributed by atoms with Gasteiger partial charge in [0.05, 0.1) is 19.0 Å². The van der Waals surface area contributed by atoms with Crippen molar-refractivity contribution in [2.45, 2.75) is 26.1 Å². The third-order valence-electron chi connectivity index (χ3n) is 5.19. The molecule has 4 rings (SSSR count). The third-order valence-corrected chi connectivity index (χ3v) is 5.19. The number of alkyl halides is 2. The average molecular weight is 417 g/mol. The molecule has 2 aromatic carbocycles. The number of methoxy groups -OCH3 is 1. The van der Waals surface area contributed by atoms with Gasteiger partial charge >= 0.3 is 6.61 Å². The molecule has 1 fully saturated rings. The van der Waals surface area contributed by atoms with E-state index in [-0.39, 0.29) is 29.4 Å². The quantitative estimate of drug-likeness (QED) is 0.612. The van der Waals surface area contributed by atoms with Crippen LogP contribution in [0.4, 0.5) is 8.78 Å². The molecule has 1 aromatic heterocycles. The van der Waals surface area contributed by atoms with E-state index >= 15 is 0 Å². The van der Waals surface area contributed by atoms with Crippen LogP contribution in [0.1, 0.15) is 13.3 Å². The van der Waals surface area contributed by atoms with E-state index in [1.807, 2.05) is 19.1 Å². The van der Waals surface area contributed by atoms with Crippen LogP contribution in [0.25, 0.3) is 22.2 Å². The fourth-order valence-electron chi connectivity index (χ4n) is 3.57. The minimum Gasteiger partial charge on any atom is -0.493 e. The highest BCUT2D eigenvalue weighted by Crippen LogP contribution is 2.37. The second kappa shape index (κ2) is 8.17. The Morgan fingerprint density at radius 2 is 1.90 bits per heavy atom. The monoisotopic (exact) mass is 417 g/mol. The van der Waals surface area contributed by atoms with Crippen molar-refractivity contribution < 1.29 is 27.8 Å². The van der Waals surface area contributed by atoms with Crippen LogP contribution in [0.15, 0.2) is 36.7 Å². The predicted molar refractivity (Wildman–Crippen MR) is 106 cm³/mol. The van der Waals surface area contributed by atoms with Crippen LogP contribution in [0.2, 0.25) is 0 Å². The summed E-state index contributed by atoms with van der Waals surface area (Å²) >= 11 is 0. The molecule has 0 radical (unpaired) electrons. The Hall–Kier alpha value is -3.36. The molecule has 30 heavy (non-hydrogen) atoms. The highest BCUT2D eigenvalue weighted by molar-refractivity contribution is 5.87. The molecule has 0 spiro atoms. The number of nitrogens with one attached hydrogen (secondary N) is 2. The summed E-state index contributed by atoms with van der Waals surface area (Å²) in [7, 11) is 1.39. The molecule has 1 saturated heterocycles. The SMILES string of the molecule is COc1cc(-c2cc(O[C@H](C)[C@H]3CNC(=O)C3)c3nc[nH]c3c2)ccc1OC(F)F. The number of benzene rings is 2. The molecule has 0 saturated carbocycles. The highest BCUT2D eigenvalue weighted by Gasteiger charge is 2.28. The molecule has 7 nitrogen and oxygen atoms in total. The minimum absolute atomic E-state index is 0.0207. The lowest BCUT2D eigenvalue weighted by molar-refractivity contribution is -0.119. The number of H-pyrrole nitrogens is 1. The minimum atomic E-state index is -2.94. The number of fused-ring (bicyclic) bond motifs is 1. The number of nitrogens with zero attached hydrogens (tertiary/aromatic N) is 1. The molecule has 2 atom stereocenters. The van der Waals surface area contributed by atoms with Crippen LogP contribution < -0.4 is 19.5 Å². The van der Waals surface area contributed by atoms with Gasteiger partial charge in [-0.25, -0.2) is 4.98 Å². The van der Waals surface area contributed by atoms with Crippen LogP contribution in [0.3, 0.4) is 0 Å². The molecule has 1 aliphatic rings. The molecular formula is C21H21F2N3O4. The van der Waals surface area contributed by atoms with E-state index in [0.29, 0.717) is 24.2 Å². The molecule has 9 heteroatoms. The number of ether oxygens (including phenoxy) is 3. The number of hydrogen-bond acceptors (Lipinski definition) is 5. The number of hydrogen-bond donors (Lipinski definition) is 2. The fraction of sp³-hybridized carbons (Fsp3) is 0.333. The molecule has 3 aromatic rings. The number of aromatic amines is 1. The van der Waals surface area contributed by atoms with E-state index < -0.39 is 6.61 Å². The van der Waals surface area contributed by atoms with Crippen LogP contribution in [0, 0.1) is 5.92 Å². The normalized spacial score (nSPS) is 17.2. The maximum Gasteiger partial charge on any atom is 0.387 e. The largest absolute Gasteiger partial charge is 0.493 e. The van der Waals surface area contributed by atoms with Crippen LogP contribution in [-0.4, -0.2) is 42.2 Å². The van der Waals surface area contributed by atoms with E-state index in [1.54, 1.807) is 18.5 Å². The van der Waals surface area contributed by atoms with Gasteiger partial charge in [-0.2, -0.15) is 8.78 Å². The average Bonchev–Trinajstić information content (AvgIpc) is 3.36. The zero-order valence-electron chi connectivity index (χ0n) is 16.4. The van der Waals surface area contributed by atoms with E-state index in [9.17, 15) is 13.6 Å². The van der Waals surface area contributed by atoms with Crippen molar-refractivity contribution in [2.75, 3.05) is 13.7 Å². The third kappa shape index (κ3) is 4.00. The first kappa shape index (κ1) is 19.9. The number of rotatable bonds is 7. The van der Waals surface area contributed by atoms with E-state index in [2.05, 4.69) is 20.0 Å². The number of halogens is 2. The van der Waals surface area contributed by atoms with Gasteiger partial charge in [-0.15, -0.1) is 0 Å². The van der Waals surface area contributed by atoms with Gasteiger partial charge in [0.1, 0.15) is 17.4 Å². The second-order valence-corrected chi connectivity index (χ2v) is 7.11. The van der Waals surface area contributed by atoms with Crippen molar-refractivity contribution in [2.24, 2.45) is 5.92 Å². The first-order valence-corrected chi connectivity index (χ1v) is 9.48. The molecule has 0 bridgehead atoms. The molecule has 1 aliphatic heterocycles. The summed E-state index contributed by atoms with van der Waals surface area (Å²) in [6.45, 7) is -0.438. The lowest BCUT2D eigenvalue weighted by Gasteiger charge is -2.20. The molecule has 1 amide bonds. The fourth-order valence-corrected chi connectivity index (χ4v) is 3.57. The van der Waals surface area contributed by atoms with Gasteiger partial charge in [0.2, 0.25) is 5.91 Å². The lowest BCUT2D eigenvalue weighted by atomic mass is 10.0. The Bertz CT molecular complexity index is 1070. The summed E-state index contributed by atoms with van der Waals surface area (Å²) in [4.78, 5) is 18.9. The standard InChI is InChI=1S/C21H21F2N3O4/c1-11(14-8-19(27)24-9-14)29-18-7-13(5-15-20(18)26-10-25-15)12-3-4-16(30-21(22)23)17(6-12)28-2/h3-7,10-11,14,21H,8-9H2,1-2H3,(H,24,27)(H,25,26)/t11-,14-/m1/s1. The predicted octanol–water partition coefficient (Wildman–Crippen LogP) is 3.74. The number of carbonyl (C=O) groups excluding carboxylic acids is 1. The van der Waals surface area contributed by atoms with Crippen LogP contribution in [-0.2, 0) is 4.79 Å². The van der Waals surface area contributed by atoms with Crippen molar-refractivity contribution in [3.8, 4) is 28.4 Å². The van der Waals surface area contributed by atoms with E-state index in [4.69, 9.17) is 9.47 Å². The summed E-state index contributed by atoms with van der Waals surface area (Å²) in [5.74, 6) is 0.821. The topological polar surface area (TPSA) is 85.5 Å². The van der Waals surface area contributed by atoms with E-state index in [1.165, 1.54) is 13.2 Å². The molecule has 0 unspecified atom stereocenters. The summed E-state index contributed by atoms with van der Waals surface area (Å²) in [6.07, 6.45) is 1.80. The van der Waals surface area contributed by atoms with Crippen molar-refractivity contribution in [3.63, 3.8) is 0 Å². The van der Waals surface area contributed by atoms with Crippen molar-refractivity contribution in [3.05, 3.63) is 36.7 Å². The molecule has 2 N–H and O–H groups in total. The van der Waals surface area contributed by atoms with Crippen LogP contribution in [0.5, 0.6) is 17.2 Å². The van der Waals surface area contributed by atoms with Gasteiger partial charge in [0.15, 0.2) is 11.5 Å².